The zero-order valence-electron chi connectivity index (χ0n) is 10.6. The molecule has 100 valence electrons. The van der Waals surface area contributed by atoms with Crippen LogP contribution in [0.4, 0.5) is 20.2 Å². The quantitative estimate of drug-likeness (QED) is 0.826. The number of rotatable bonds is 2. The van der Waals surface area contributed by atoms with E-state index < -0.39 is 11.6 Å². The molecule has 1 heterocycles. The highest BCUT2D eigenvalue weighted by atomic mass is 19.2. The number of nitrogens with two attached hydrogens (primary N) is 1. The summed E-state index contributed by atoms with van der Waals surface area (Å²) in [6.07, 6.45) is 0.884. The van der Waals surface area contributed by atoms with E-state index in [0.717, 1.165) is 12.5 Å². The van der Waals surface area contributed by atoms with E-state index in [1.807, 2.05) is 0 Å². The normalized spacial score (nSPS) is 24.3. The van der Waals surface area contributed by atoms with Crippen LogP contribution in [0.2, 0.25) is 0 Å². The molecule has 0 spiro atoms. The molecule has 0 aliphatic carbocycles. The van der Waals surface area contributed by atoms with Gasteiger partial charge < -0.3 is 15.4 Å². The van der Waals surface area contributed by atoms with Crippen LogP contribution in [0.25, 0.3) is 0 Å². The van der Waals surface area contributed by atoms with Crippen molar-refractivity contribution in [2.45, 2.75) is 19.4 Å². The largest absolute Gasteiger partial charge is 0.397 e. The number of anilines is 2. The molecule has 1 aliphatic heterocycles. The highest BCUT2D eigenvalue weighted by Gasteiger charge is 2.29. The molecule has 18 heavy (non-hydrogen) atoms. The standard InChI is InChI=1S/C13H18F2N2O/c1-8-5-6-17(7-11(8)18-2)13-10(16)4-3-9(14)12(13)15/h3-4,8,11H,5-7,16H2,1-2H3. The number of methoxy groups -OCH3 is 1. The predicted molar refractivity (Wildman–Crippen MR) is 67.6 cm³/mol. The fourth-order valence-corrected chi connectivity index (χ4v) is 2.42. The Bertz CT molecular complexity index is 439. The fourth-order valence-electron chi connectivity index (χ4n) is 2.42. The van der Waals surface area contributed by atoms with Crippen molar-refractivity contribution in [2.24, 2.45) is 5.92 Å². The molecule has 0 aromatic heterocycles. The lowest BCUT2D eigenvalue weighted by atomic mass is 9.95. The molecule has 1 aromatic carbocycles. The van der Waals surface area contributed by atoms with E-state index in [9.17, 15) is 8.78 Å². The number of hydrogen-bond acceptors (Lipinski definition) is 3. The first-order valence-electron chi connectivity index (χ1n) is 6.05. The van der Waals surface area contributed by atoms with Crippen LogP contribution in [-0.4, -0.2) is 26.3 Å². The third-order valence-corrected chi connectivity index (χ3v) is 3.61. The first-order chi connectivity index (χ1) is 8.54. The van der Waals surface area contributed by atoms with E-state index in [0.29, 0.717) is 19.0 Å². The van der Waals surface area contributed by atoms with E-state index in [-0.39, 0.29) is 17.5 Å². The SMILES string of the molecule is COC1CN(c2c(N)ccc(F)c2F)CCC1C. The summed E-state index contributed by atoms with van der Waals surface area (Å²) in [5.74, 6) is -1.34. The van der Waals surface area contributed by atoms with Crippen LogP contribution >= 0.6 is 0 Å². The van der Waals surface area contributed by atoms with Gasteiger partial charge in [-0.05, 0) is 24.5 Å². The second kappa shape index (κ2) is 5.10. The van der Waals surface area contributed by atoms with Crippen LogP contribution in [0.1, 0.15) is 13.3 Å². The van der Waals surface area contributed by atoms with Gasteiger partial charge in [-0.3, -0.25) is 0 Å². The van der Waals surface area contributed by atoms with Gasteiger partial charge in [0.05, 0.1) is 17.5 Å². The molecule has 1 aromatic rings. The van der Waals surface area contributed by atoms with Gasteiger partial charge in [-0.2, -0.15) is 0 Å². The van der Waals surface area contributed by atoms with Crippen molar-refractivity contribution in [3.05, 3.63) is 23.8 Å². The van der Waals surface area contributed by atoms with Gasteiger partial charge >= 0.3 is 0 Å². The summed E-state index contributed by atoms with van der Waals surface area (Å²) in [5.41, 5.74) is 6.17. The van der Waals surface area contributed by atoms with Crippen LogP contribution in [0.5, 0.6) is 0 Å². The minimum atomic E-state index is -0.876. The Morgan fingerprint density at radius 3 is 2.78 bits per heavy atom. The van der Waals surface area contributed by atoms with E-state index in [1.54, 1.807) is 12.0 Å². The van der Waals surface area contributed by atoms with Crippen LogP contribution in [-0.2, 0) is 4.74 Å². The Morgan fingerprint density at radius 1 is 1.39 bits per heavy atom. The second-order valence-corrected chi connectivity index (χ2v) is 4.79. The van der Waals surface area contributed by atoms with Gasteiger partial charge in [-0.1, -0.05) is 6.92 Å². The highest BCUT2D eigenvalue weighted by molar-refractivity contribution is 5.68. The van der Waals surface area contributed by atoms with E-state index in [4.69, 9.17) is 10.5 Å². The van der Waals surface area contributed by atoms with Gasteiger partial charge in [0.2, 0.25) is 0 Å². The summed E-state index contributed by atoms with van der Waals surface area (Å²) < 4.78 is 32.5. The topological polar surface area (TPSA) is 38.5 Å². The van der Waals surface area contributed by atoms with Gasteiger partial charge in [0, 0.05) is 20.2 Å². The van der Waals surface area contributed by atoms with Crippen LogP contribution < -0.4 is 10.6 Å². The first-order valence-corrected chi connectivity index (χ1v) is 6.05. The molecule has 3 nitrogen and oxygen atoms in total. The van der Waals surface area contributed by atoms with Crippen LogP contribution in [0, 0.1) is 17.6 Å². The van der Waals surface area contributed by atoms with Crippen molar-refractivity contribution in [3.8, 4) is 0 Å². The molecule has 2 unspecified atom stereocenters. The summed E-state index contributed by atoms with van der Waals surface area (Å²) >= 11 is 0. The second-order valence-electron chi connectivity index (χ2n) is 4.79. The Labute approximate surface area is 106 Å². The predicted octanol–water partition coefficient (Wildman–Crippen LogP) is 2.41. The molecule has 2 rings (SSSR count). The minimum absolute atomic E-state index is 0.0146. The summed E-state index contributed by atoms with van der Waals surface area (Å²) in [6, 6.07) is 2.45. The smallest absolute Gasteiger partial charge is 0.184 e. The van der Waals surface area contributed by atoms with Crippen molar-refractivity contribution >= 4 is 11.4 Å². The molecule has 0 saturated carbocycles. The van der Waals surface area contributed by atoms with Crippen molar-refractivity contribution in [3.63, 3.8) is 0 Å². The molecule has 1 aliphatic rings. The molecule has 0 amide bonds. The maximum atomic E-state index is 13.8. The summed E-state index contributed by atoms with van der Waals surface area (Å²) in [5, 5.41) is 0. The van der Waals surface area contributed by atoms with Crippen molar-refractivity contribution in [1.82, 2.24) is 0 Å². The molecule has 1 saturated heterocycles. The maximum Gasteiger partial charge on any atom is 0.184 e. The highest BCUT2D eigenvalue weighted by Crippen LogP contribution is 2.32. The molecule has 2 N–H and O–H groups in total. The van der Waals surface area contributed by atoms with Gasteiger partial charge in [-0.25, -0.2) is 8.78 Å². The lowest BCUT2D eigenvalue weighted by Crippen LogP contribution is -2.44. The van der Waals surface area contributed by atoms with Gasteiger partial charge in [0.25, 0.3) is 0 Å². The number of nitrogen functional groups attached to an aromatic ring is 1. The molecule has 0 bridgehead atoms. The van der Waals surface area contributed by atoms with Crippen LogP contribution in [0.3, 0.4) is 0 Å². The Kier molecular flexibility index (Phi) is 3.71. The van der Waals surface area contributed by atoms with Gasteiger partial charge in [0.15, 0.2) is 11.6 Å². The Balaban J connectivity index is 2.30. The van der Waals surface area contributed by atoms with Crippen molar-refractivity contribution in [1.29, 1.82) is 0 Å². The molecule has 0 radical (unpaired) electrons. The molecule has 5 heteroatoms. The molecular weight excluding hydrogens is 238 g/mol. The number of halogens is 2. The molecular formula is C13H18F2N2O. The van der Waals surface area contributed by atoms with Crippen molar-refractivity contribution < 1.29 is 13.5 Å². The zero-order chi connectivity index (χ0) is 13.3. The summed E-state index contributed by atoms with van der Waals surface area (Å²) in [4.78, 5) is 1.77. The van der Waals surface area contributed by atoms with Crippen molar-refractivity contribution in [2.75, 3.05) is 30.8 Å². The molecule has 1 fully saturated rings. The zero-order valence-corrected chi connectivity index (χ0v) is 10.6. The lowest BCUT2D eigenvalue weighted by Gasteiger charge is -2.38. The number of piperidine rings is 1. The fraction of sp³-hybridized carbons (Fsp3) is 0.538. The lowest BCUT2D eigenvalue weighted by molar-refractivity contribution is 0.0497. The Hall–Kier alpha value is -1.36. The third kappa shape index (κ3) is 2.27. The first kappa shape index (κ1) is 13.1. The minimum Gasteiger partial charge on any atom is -0.397 e. The number of hydrogen-bond donors (Lipinski definition) is 1. The average molecular weight is 256 g/mol. The van der Waals surface area contributed by atoms with Gasteiger partial charge in [-0.15, -0.1) is 0 Å². The van der Waals surface area contributed by atoms with E-state index in [1.165, 1.54) is 6.07 Å². The molecule has 2 atom stereocenters. The Morgan fingerprint density at radius 2 is 2.11 bits per heavy atom. The number of benzene rings is 1. The number of nitrogens with zero attached hydrogens (tertiary/aromatic N) is 1. The number of ether oxygens (including phenoxy) is 1. The van der Waals surface area contributed by atoms with E-state index >= 15 is 0 Å². The average Bonchev–Trinajstić information content (AvgIpc) is 2.36. The van der Waals surface area contributed by atoms with Gasteiger partial charge in [0.1, 0.15) is 0 Å². The monoisotopic (exact) mass is 256 g/mol. The maximum absolute atomic E-state index is 13.8. The van der Waals surface area contributed by atoms with E-state index in [2.05, 4.69) is 6.92 Å². The van der Waals surface area contributed by atoms with Crippen LogP contribution in [0.15, 0.2) is 12.1 Å². The third-order valence-electron chi connectivity index (χ3n) is 3.61. The summed E-state index contributed by atoms with van der Waals surface area (Å²) in [6.45, 7) is 3.28. The summed E-state index contributed by atoms with van der Waals surface area (Å²) in [7, 11) is 1.63.